The summed E-state index contributed by atoms with van der Waals surface area (Å²) in [7, 11) is 0. The van der Waals surface area contributed by atoms with E-state index in [0.29, 0.717) is 0 Å². The summed E-state index contributed by atoms with van der Waals surface area (Å²) in [6.45, 7) is 3.09. The van der Waals surface area contributed by atoms with Crippen LogP contribution >= 0.6 is 11.3 Å². The summed E-state index contributed by atoms with van der Waals surface area (Å²) < 4.78 is 0. The zero-order valence-corrected chi connectivity index (χ0v) is 10.1. The molecule has 1 atom stereocenters. The van der Waals surface area contributed by atoms with Gasteiger partial charge in [-0.15, -0.1) is 11.3 Å². The molecule has 3 heterocycles. The average Bonchev–Trinajstić information content (AvgIpc) is 2.76. The molecular weight excluding hydrogens is 216 g/mol. The van der Waals surface area contributed by atoms with Crippen LogP contribution in [0.3, 0.4) is 0 Å². The van der Waals surface area contributed by atoms with Crippen molar-refractivity contribution in [3.63, 3.8) is 0 Å². The molecule has 0 bridgehead atoms. The highest BCUT2D eigenvalue weighted by Gasteiger charge is 2.22. The van der Waals surface area contributed by atoms with Crippen LogP contribution in [0.2, 0.25) is 0 Å². The average molecular weight is 230 g/mol. The number of pyridine rings is 1. The Morgan fingerprint density at radius 1 is 1.38 bits per heavy atom. The van der Waals surface area contributed by atoms with Gasteiger partial charge >= 0.3 is 0 Å². The Morgan fingerprint density at radius 3 is 3.19 bits per heavy atom. The van der Waals surface area contributed by atoms with Crippen LogP contribution in [0, 0.1) is 6.92 Å². The number of nitrogens with zero attached hydrogens (tertiary/aromatic N) is 1. The first-order valence-corrected chi connectivity index (χ1v) is 6.46. The van der Waals surface area contributed by atoms with Crippen LogP contribution in [0.4, 0.5) is 0 Å². The molecule has 3 rings (SSSR count). The number of rotatable bonds is 1. The molecule has 82 valence electrons. The fraction of sp³-hybridized carbons (Fsp3) is 0.308. The van der Waals surface area contributed by atoms with Gasteiger partial charge in [0, 0.05) is 17.1 Å². The van der Waals surface area contributed by atoms with E-state index in [0.717, 1.165) is 24.4 Å². The van der Waals surface area contributed by atoms with Crippen LogP contribution in [-0.2, 0) is 6.42 Å². The van der Waals surface area contributed by atoms with Crippen molar-refractivity contribution in [2.75, 3.05) is 6.54 Å². The van der Waals surface area contributed by atoms with Gasteiger partial charge in [-0.1, -0.05) is 6.07 Å². The molecule has 0 amide bonds. The van der Waals surface area contributed by atoms with Gasteiger partial charge in [0.2, 0.25) is 0 Å². The zero-order chi connectivity index (χ0) is 11.0. The Kier molecular flexibility index (Phi) is 2.50. The molecule has 0 aliphatic carbocycles. The highest BCUT2D eigenvalue weighted by molar-refractivity contribution is 7.10. The highest BCUT2D eigenvalue weighted by Crippen LogP contribution is 2.31. The molecule has 0 saturated heterocycles. The van der Waals surface area contributed by atoms with E-state index >= 15 is 0 Å². The standard InChI is InChI=1S/C13H14N2S/c1-9-3-2-4-11(15-9)13-10-6-8-16-12(10)5-7-14-13/h2-4,6,8,13-14H,5,7H2,1H3/t13-/m1/s1. The number of aromatic nitrogens is 1. The third-order valence-corrected chi connectivity index (χ3v) is 3.99. The van der Waals surface area contributed by atoms with E-state index in [2.05, 4.69) is 33.9 Å². The van der Waals surface area contributed by atoms with Crippen molar-refractivity contribution in [1.29, 1.82) is 0 Å². The molecule has 0 spiro atoms. The van der Waals surface area contributed by atoms with Gasteiger partial charge in [-0.05, 0) is 42.5 Å². The second-order valence-electron chi connectivity index (χ2n) is 4.14. The lowest BCUT2D eigenvalue weighted by Gasteiger charge is -2.24. The lowest BCUT2D eigenvalue weighted by Crippen LogP contribution is -2.30. The minimum atomic E-state index is 0.287. The molecule has 0 saturated carbocycles. The number of hydrogen-bond acceptors (Lipinski definition) is 3. The minimum Gasteiger partial charge on any atom is -0.305 e. The fourth-order valence-electron chi connectivity index (χ4n) is 2.24. The van der Waals surface area contributed by atoms with Crippen molar-refractivity contribution in [3.8, 4) is 0 Å². The Balaban J connectivity index is 2.04. The molecule has 1 N–H and O–H groups in total. The Labute approximate surface area is 99.4 Å². The lowest BCUT2D eigenvalue weighted by molar-refractivity contribution is 0.562. The van der Waals surface area contributed by atoms with E-state index in [4.69, 9.17) is 0 Å². The number of fused-ring (bicyclic) bond motifs is 1. The third kappa shape index (κ3) is 1.66. The van der Waals surface area contributed by atoms with Crippen LogP contribution in [0.1, 0.15) is 27.9 Å². The summed E-state index contributed by atoms with van der Waals surface area (Å²) in [5.41, 5.74) is 3.63. The number of aryl methyl sites for hydroxylation is 1. The summed E-state index contributed by atoms with van der Waals surface area (Å²) in [6.07, 6.45) is 1.15. The molecule has 2 nitrogen and oxygen atoms in total. The van der Waals surface area contributed by atoms with Crippen molar-refractivity contribution in [1.82, 2.24) is 10.3 Å². The fourth-order valence-corrected chi connectivity index (χ4v) is 3.16. The normalized spacial score (nSPS) is 19.4. The molecule has 16 heavy (non-hydrogen) atoms. The predicted octanol–water partition coefficient (Wildman–Crippen LogP) is 2.69. The summed E-state index contributed by atoms with van der Waals surface area (Å²) in [5, 5.41) is 5.73. The van der Waals surface area contributed by atoms with Crippen molar-refractivity contribution in [3.05, 3.63) is 51.5 Å². The van der Waals surface area contributed by atoms with E-state index in [1.54, 1.807) is 0 Å². The number of hydrogen-bond donors (Lipinski definition) is 1. The Morgan fingerprint density at radius 2 is 2.31 bits per heavy atom. The minimum absolute atomic E-state index is 0.287. The monoisotopic (exact) mass is 230 g/mol. The maximum atomic E-state index is 4.62. The Hall–Kier alpha value is -1.19. The lowest BCUT2D eigenvalue weighted by atomic mass is 9.99. The van der Waals surface area contributed by atoms with Gasteiger partial charge < -0.3 is 5.32 Å². The second kappa shape index (κ2) is 4.00. The Bertz CT molecular complexity index is 504. The molecule has 0 radical (unpaired) electrons. The first-order valence-electron chi connectivity index (χ1n) is 5.58. The van der Waals surface area contributed by atoms with Crippen molar-refractivity contribution in [2.24, 2.45) is 0 Å². The van der Waals surface area contributed by atoms with Gasteiger partial charge in [-0.25, -0.2) is 0 Å². The van der Waals surface area contributed by atoms with E-state index in [9.17, 15) is 0 Å². The van der Waals surface area contributed by atoms with Gasteiger partial charge in [-0.3, -0.25) is 4.98 Å². The van der Waals surface area contributed by atoms with Crippen molar-refractivity contribution >= 4 is 11.3 Å². The van der Waals surface area contributed by atoms with Crippen LogP contribution < -0.4 is 5.32 Å². The second-order valence-corrected chi connectivity index (χ2v) is 5.14. The van der Waals surface area contributed by atoms with Gasteiger partial charge in [0.05, 0.1) is 11.7 Å². The van der Waals surface area contributed by atoms with Crippen LogP contribution in [0.15, 0.2) is 29.6 Å². The first kappa shape index (κ1) is 10.00. The first-order chi connectivity index (χ1) is 7.84. The largest absolute Gasteiger partial charge is 0.305 e. The molecule has 2 aromatic rings. The van der Waals surface area contributed by atoms with E-state index in [1.807, 2.05) is 24.3 Å². The van der Waals surface area contributed by atoms with Gasteiger partial charge in [0.25, 0.3) is 0 Å². The molecule has 0 aromatic carbocycles. The topological polar surface area (TPSA) is 24.9 Å². The molecule has 0 unspecified atom stereocenters. The quantitative estimate of drug-likeness (QED) is 0.814. The number of nitrogens with one attached hydrogen (secondary N) is 1. The summed E-state index contributed by atoms with van der Waals surface area (Å²) >= 11 is 1.86. The third-order valence-electron chi connectivity index (χ3n) is 3.00. The maximum Gasteiger partial charge on any atom is 0.0762 e. The van der Waals surface area contributed by atoms with Gasteiger partial charge in [0.1, 0.15) is 0 Å². The van der Waals surface area contributed by atoms with Crippen molar-refractivity contribution < 1.29 is 0 Å². The smallest absolute Gasteiger partial charge is 0.0762 e. The molecule has 0 fully saturated rings. The predicted molar refractivity (Wildman–Crippen MR) is 66.8 cm³/mol. The number of thiophene rings is 1. The molecular formula is C13H14N2S. The van der Waals surface area contributed by atoms with Crippen LogP contribution in [0.5, 0.6) is 0 Å². The SMILES string of the molecule is Cc1cccc([C@@H]2NCCc3sccc32)n1. The molecule has 1 aliphatic rings. The van der Waals surface area contributed by atoms with E-state index < -0.39 is 0 Å². The summed E-state index contributed by atoms with van der Waals surface area (Å²) in [6, 6.07) is 8.74. The molecule has 2 aromatic heterocycles. The highest BCUT2D eigenvalue weighted by atomic mass is 32.1. The zero-order valence-electron chi connectivity index (χ0n) is 9.23. The summed E-state index contributed by atoms with van der Waals surface area (Å²) in [5.74, 6) is 0. The maximum absolute atomic E-state index is 4.62. The van der Waals surface area contributed by atoms with Crippen LogP contribution in [-0.4, -0.2) is 11.5 Å². The summed E-state index contributed by atoms with van der Waals surface area (Å²) in [4.78, 5) is 6.12. The molecule has 3 heteroatoms. The van der Waals surface area contributed by atoms with E-state index in [-0.39, 0.29) is 6.04 Å². The van der Waals surface area contributed by atoms with E-state index in [1.165, 1.54) is 10.4 Å². The van der Waals surface area contributed by atoms with Gasteiger partial charge in [-0.2, -0.15) is 0 Å². The van der Waals surface area contributed by atoms with Crippen LogP contribution in [0.25, 0.3) is 0 Å². The van der Waals surface area contributed by atoms with Crippen molar-refractivity contribution in [2.45, 2.75) is 19.4 Å². The van der Waals surface area contributed by atoms with Gasteiger partial charge in [0.15, 0.2) is 0 Å². The molecule has 1 aliphatic heterocycles.